The third-order valence-corrected chi connectivity index (χ3v) is 4.19. The Labute approximate surface area is 145 Å². The van der Waals surface area contributed by atoms with Crippen molar-refractivity contribution >= 4 is 33.3 Å². The summed E-state index contributed by atoms with van der Waals surface area (Å²) in [4.78, 5) is 18.3. The fraction of sp³-hybridized carbons (Fsp3) is 0.294. The highest BCUT2D eigenvalue weighted by Crippen LogP contribution is 2.22. The lowest BCUT2D eigenvalue weighted by molar-refractivity contribution is 0.0950. The number of amides is 1. The lowest BCUT2D eigenvalue weighted by Crippen LogP contribution is -2.31. The fourth-order valence-electron chi connectivity index (χ4n) is 1.97. The van der Waals surface area contributed by atoms with Crippen LogP contribution >= 0.6 is 15.9 Å². The summed E-state index contributed by atoms with van der Waals surface area (Å²) in [5, 5.41) is 6.09. The van der Waals surface area contributed by atoms with Gasteiger partial charge in [-0.05, 0) is 56.9 Å². The molecule has 122 valence electrons. The second-order valence-corrected chi connectivity index (χ2v) is 6.43. The largest absolute Gasteiger partial charge is 0.351 e. The number of carbonyl (C=O) groups is 1. The quantitative estimate of drug-likeness (QED) is 0.812. The van der Waals surface area contributed by atoms with Crippen molar-refractivity contribution in [2.24, 2.45) is 0 Å². The number of halogens is 1. The molecule has 0 unspecified atom stereocenters. The van der Waals surface area contributed by atoms with Crippen LogP contribution in [-0.4, -0.2) is 43.0 Å². The summed E-state index contributed by atoms with van der Waals surface area (Å²) in [5.41, 5.74) is 2.66. The van der Waals surface area contributed by atoms with Gasteiger partial charge in [-0.1, -0.05) is 15.9 Å². The average Bonchev–Trinajstić information content (AvgIpc) is 2.51. The standard InChI is InChI=1S/C17H21BrN4O/c1-12-10-14(5-6-15(12)18)21-16-7-4-13(11-20-16)17(23)19-8-9-22(2)3/h4-7,10-11H,8-9H2,1-3H3,(H,19,23)(H,20,21). The van der Waals surface area contributed by atoms with Gasteiger partial charge in [-0.25, -0.2) is 4.98 Å². The molecule has 0 aliphatic carbocycles. The van der Waals surface area contributed by atoms with Gasteiger partial charge in [0.1, 0.15) is 5.82 Å². The first kappa shape index (κ1) is 17.4. The number of likely N-dealkylation sites (N-methyl/N-ethyl adjacent to an activating group) is 1. The summed E-state index contributed by atoms with van der Waals surface area (Å²) in [6.45, 7) is 3.45. The Morgan fingerprint density at radius 1 is 1.26 bits per heavy atom. The normalized spacial score (nSPS) is 10.7. The van der Waals surface area contributed by atoms with Crippen LogP contribution in [0.2, 0.25) is 0 Å². The molecule has 23 heavy (non-hydrogen) atoms. The highest BCUT2D eigenvalue weighted by atomic mass is 79.9. The monoisotopic (exact) mass is 376 g/mol. The Morgan fingerprint density at radius 3 is 2.65 bits per heavy atom. The molecule has 1 amide bonds. The number of aryl methyl sites for hydroxylation is 1. The Morgan fingerprint density at radius 2 is 2.04 bits per heavy atom. The van der Waals surface area contributed by atoms with Gasteiger partial charge in [-0.2, -0.15) is 0 Å². The molecule has 2 rings (SSSR count). The first-order valence-electron chi connectivity index (χ1n) is 7.38. The lowest BCUT2D eigenvalue weighted by Gasteiger charge is -2.11. The highest BCUT2D eigenvalue weighted by Gasteiger charge is 2.06. The molecule has 6 heteroatoms. The van der Waals surface area contributed by atoms with Crippen LogP contribution in [-0.2, 0) is 0 Å². The number of anilines is 2. The summed E-state index contributed by atoms with van der Waals surface area (Å²) in [6, 6.07) is 9.57. The second-order valence-electron chi connectivity index (χ2n) is 5.58. The van der Waals surface area contributed by atoms with E-state index in [1.165, 1.54) is 0 Å². The van der Waals surface area contributed by atoms with Gasteiger partial charge in [0.05, 0.1) is 5.56 Å². The zero-order valence-corrected chi connectivity index (χ0v) is 15.1. The molecular formula is C17H21BrN4O. The molecular weight excluding hydrogens is 356 g/mol. The van der Waals surface area contributed by atoms with Crippen LogP contribution in [0.4, 0.5) is 11.5 Å². The predicted octanol–water partition coefficient (Wildman–Crippen LogP) is 3.19. The van der Waals surface area contributed by atoms with E-state index in [1.807, 2.05) is 44.1 Å². The van der Waals surface area contributed by atoms with Crippen molar-refractivity contribution in [3.05, 3.63) is 52.1 Å². The maximum absolute atomic E-state index is 12.0. The molecule has 1 heterocycles. The fourth-order valence-corrected chi connectivity index (χ4v) is 2.21. The first-order valence-corrected chi connectivity index (χ1v) is 8.17. The van der Waals surface area contributed by atoms with E-state index in [1.54, 1.807) is 18.3 Å². The van der Waals surface area contributed by atoms with Crippen molar-refractivity contribution in [3.63, 3.8) is 0 Å². The van der Waals surface area contributed by atoms with E-state index in [0.717, 1.165) is 22.3 Å². The van der Waals surface area contributed by atoms with Crippen LogP contribution in [0.5, 0.6) is 0 Å². The first-order chi connectivity index (χ1) is 11.0. The smallest absolute Gasteiger partial charge is 0.252 e. The van der Waals surface area contributed by atoms with E-state index in [0.29, 0.717) is 17.9 Å². The number of pyridine rings is 1. The van der Waals surface area contributed by atoms with Crippen molar-refractivity contribution in [3.8, 4) is 0 Å². The molecule has 0 saturated carbocycles. The summed E-state index contributed by atoms with van der Waals surface area (Å²) in [7, 11) is 3.94. The number of hydrogen-bond acceptors (Lipinski definition) is 4. The van der Waals surface area contributed by atoms with Gasteiger partial charge >= 0.3 is 0 Å². The zero-order valence-electron chi connectivity index (χ0n) is 13.6. The van der Waals surface area contributed by atoms with E-state index in [-0.39, 0.29) is 5.91 Å². The number of benzene rings is 1. The molecule has 0 aliphatic rings. The molecule has 0 fully saturated rings. The van der Waals surface area contributed by atoms with E-state index < -0.39 is 0 Å². The summed E-state index contributed by atoms with van der Waals surface area (Å²) < 4.78 is 1.07. The highest BCUT2D eigenvalue weighted by molar-refractivity contribution is 9.10. The number of aromatic nitrogens is 1. The molecule has 0 atom stereocenters. The maximum atomic E-state index is 12.0. The van der Waals surface area contributed by atoms with Crippen LogP contribution in [0.25, 0.3) is 0 Å². The summed E-state index contributed by atoms with van der Waals surface area (Å²) >= 11 is 3.48. The van der Waals surface area contributed by atoms with Crippen molar-refractivity contribution < 1.29 is 4.79 Å². The molecule has 5 nitrogen and oxygen atoms in total. The number of nitrogens with zero attached hydrogens (tertiary/aromatic N) is 2. The zero-order chi connectivity index (χ0) is 16.8. The molecule has 0 bridgehead atoms. The van der Waals surface area contributed by atoms with Gasteiger partial charge in [-0.15, -0.1) is 0 Å². The second kappa shape index (κ2) is 8.08. The Hall–Kier alpha value is -1.92. The Kier molecular flexibility index (Phi) is 6.12. The van der Waals surface area contributed by atoms with Crippen LogP contribution < -0.4 is 10.6 Å². The van der Waals surface area contributed by atoms with Gasteiger partial charge < -0.3 is 15.5 Å². The van der Waals surface area contributed by atoms with Gasteiger partial charge in [0, 0.05) is 29.4 Å². The van der Waals surface area contributed by atoms with E-state index in [4.69, 9.17) is 0 Å². The summed E-state index contributed by atoms with van der Waals surface area (Å²) in [5.74, 6) is 0.599. The SMILES string of the molecule is Cc1cc(Nc2ccc(C(=O)NCCN(C)C)cn2)ccc1Br. The minimum absolute atomic E-state index is 0.106. The Bertz CT molecular complexity index is 671. The van der Waals surface area contributed by atoms with E-state index in [2.05, 4.69) is 31.5 Å². The van der Waals surface area contributed by atoms with Gasteiger partial charge in [0.2, 0.25) is 0 Å². The minimum Gasteiger partial charge on any atom is -0.351 e. The third-order valence-electron chi connectivity index (χ3n) is 3.30. The third kappa shape index (κ3) is 5.33. The van der Waals surface area contributed by atoms with Crippen molar-refractivity contribution in [1.29, 1.82) is 0 Å². The predicted molar refractivity (Wildman–Crippen MR) is 97.3 cm³/mol. The van der Waals surface area contributed by atoms with Crippen molar-refractivity contribution in [2.75, 3.05) is 32.5 Å². The number of nitrogens with one attached hydrogen (secondary N) is 2. The van der Waals surface area contributed by atoms with Crippen LogP contribution in [0.1, 0.15) is 15.9 Å². The van der Waals surface area contributed by atoms with Crippen molar-refractivity contribution in [2.45, 2.75) is 6.92 Å². The van der Waals surface area contributed by atoms with Crippen LogP contribution in [0, 0.1) is 6.92 Å². The molecule has 1 aromatic heterocycles. The number of carbonyl (C=O) groups excluding carboxylic acids is 1. The van der Waals surface area contributed by atoms with Crippen LogP contribution in [0.15, 0.2) is 41.0 Å². The molecule has 0 spiro atoms. The number of hydrogen-bond donors (Lipinski definition) is 2. The molecule has 1 aromatic carbocycles. The Balaban J connectivity index is 1.96. The molecule has 2 aromatic rings. The lowest BCUT2D eigenvalue weighted by atomic mass is 10.2. The average molecular weight is 377 g/mol. The molecule has 0 radical (unpaired) electrons. The van der Waals surface area contributed by atoms with Gasteiger partial charge in [0.25, 0.3) is 5.91 Å². The van der Waals surface area contributed by atoms with Crippen molar-refractivity contribution in [1.82, 2.24) is 15.2 Å². The minimum atomic E-state index is -0.106. The topological polar surface area (TPSA) is 57.3 Å². The molecule has 0 saturated heterocycles. The van der Waals surface area contributed by atoms with Crippen LogP contribution in [0.3, 0.4) is 0 Å². The van der Waals surface area contributed by atoms with E-state index >= 15 is 0 Å². The maximum Gasteiger partial charge on any atom is 0.252 e. The molecule has 0 aliphatic heterocycles. The summed E-state index contributed by atoms with van der Waals surface area (Å²) in [6.07, 6.45) is 1.58. The van der Waals surface area contributed by atoms with E-state index in [9.17, 15) is 4.79 Å². The van der Waals surface area contributed by atoms with Gasteiger partial charge in [0.15, 0.2) is 0 Å². The molecule has 2 N–H and O–H groups in total. The number of rotatable bonds is 6. The van der Waals surface area contributed by atoms with Gasteiger partial charge in [-0.3, -0.25) is 4.79 Å².